The lowest BCUT2D eigenvalue weighted by Crippen LogP contribution is -2.20. The average molecular weight is 246 g/mol. The van der Waals surface area contributed by atoms with E-state index in [1.54, 1.807) is 0 Å². The van der Waals surface area contributed by atoms with Crippen LogP contribution in [-0.2, 0) is 0 Å². The van der Waals surface area contributed by atoms with Gasteiger partial charge < -0.3 is 9.05 Å². The Morgan fingerprint density at radius 1 is 0.882 bits per heavy atom. The summed E-state index contributed by atoms with van der Waals surface area (Å²) < 4.78 is 12.0. The van der Waals surface area contributed by atoms with E-state index in [2.05, 4.69) is 32.9 Å². The van der Waals surface area contributed by atoms with Crippen LogP contribution in [0.15, 0.2) is 36.4 Å². The van der Waals surface area contributed by atoms with Gasteiger partial charge in [-0.25, -0.2) is 0 Å². The molecule has 3 heteroatoms. The minimum Gasteiger partial charge on any atom is -0.437 e. The number of rotatable bonds is 0. The Balaban J connectivity index is 2.17. The van der Waals surface area contributed by atoms with Crippen molar-refractivity contribution in [2.45, 2.75) is 25.9 Å². The molecule has 2 aromatic rings. The summed E-state index contributed by atoms with van der Waals surface area (Å²) >= 11 is 0. The Hall–Kier alpha value is -1.27. The van der Waals surface area contributed by atoms with Gasteiger partial charge in [-0.3, -0.25) is 0 Å². The molecule has 0 bridgehead atoms. The lowest BCUT2D eigenvalue weighted by atomic mass is 10.1. The van der Waals surface area contributed by atoms with E-state index >= 15 is 0 Å². The van der Waals surface area contributed by atoms with E-state index in [1.807, 2.05) is 24.3 Å². The SMILES string of the molecule is CC(C)(C)P1Oc2cccc3cccc(c23)O1. The number of hydrogen-bond donors (Lipinski definition) is 0. The number of hydrogen-bond acceptors (Lipinski definition) is 2. The van der Waals surface area contributed by atoms with Crippen LogP contribution in [0.25, 0.3) is 10.8 Å². The van der Waals surface area contributed by atoms with Crippen LogP contribution in [0.2, 0.25) is 0 Å². The molecule has 2 nitrogen and oxygen atoms in total. The van der Waals surface area contributed by atoms with Crippen molar-refractivity contribution in [3.63, 3.8) is 0 Å². The predicted octanol–water partition coefficient (Wildman–Crippen LogP) is 4.72. The Kier molecular flexibility index (Phi) is 2.31. The van der Waals surface area contributed by atoms with Crippen molar-refractivity contribution < 1.29 is 9.05 Å². The van der Waals surface area contributed by atoms with E-state index in [-0.39, 0.29) is 5.16 Å². The van der Waals surface area contributed by atoms with E-state index < -0.39 is 8.38 Å². The van der Waals surface area contributed by atoms with E-state index in [0.717, 1.165) is 16.9 Å². The second-order valence-electron chi connectivity index (χ2n) is 5.22. The van der Waals surface area contributed by atoms with Gasteiger partial charge in [0.15, 0.2) is 0 Å². The molecule has 0 aliphatic carbocycles. The lowest BCUT2D eigenvalue weighted by molar-refractivity contribution is 0.445. The van der Waals surface area contributed by atoms with Gasteiger partial charge in [0.1, 0.15) is 11.5 Å². The maximum atomic E-state index is 6.01. The third-order valence-electron chi connectivity index (χ3n) is 2.74. The molecule has 0 saturated carbocycles. The third kappa shape index (κ3) is 1.77. The quantitative estimate of drug-likeness (QED) is 0.626. The van der Waals surface area contributed by atoms with Gasteiger partial charge in [-0.05, 0) is 38.3 Å². The molecule has 17 heavy (non-hydrogen) atoms. The number of benzene rings is 2. The maximum Gasteiger partial charge on any atom is 0.296 e. The highest BCUT2D eigenvalue weighted by atomic mass is 31.2. The predicted molar refractivity (Wildman–Crippen MR) is 71.9 cm³/mol. The molecule has 0 aromatic heterocycles. The summed E-state index contributed by atoms with van der Waals surface area (Å²) in [6, 6.07) is 12.3. The van der Waals surface area contributed by atoms with Crippen molar-refractivity contribution in [1.82, 2.24) is 0 Å². The minimum atomic E-state index is -0.925. The van der Waals surface area contributed by atoms with Crippen LogP contribution >= 0.6 is 8.38 Å². The average Bonchev–Trinajstić information content (AvgIpc) is 2.28. The van der Waals surface area contributed by atoms with E-state index in [4.69, 9.17) is 9.05 Å². The molecule has 0 fully saturated rings. The fourth-order valence-corrected chi connectivity index (χ4v) is 3.14. The van der Waals surface area contributed by atoms with Crippen molar-refractivity contribution in [3.8, 4) is 11.5 Å². The van der Waals surface area contributed by atoms with Crippen molar-refractivity contribution in [2.75, 3.05) is 0 Å². The molecule has 0 atom stereocenters. The van der Waals surface area contributed by atoms with Crippen LogP contribution in [0.5, 0.6) is 11.5 Å². The molecule has 0 radical (unpaired) electrons. The highest BCUT2D eigenvalue weighted by Gasteiger charge is 2.34. The van der Waals surface area contributed by atoms with Gasteiger partial charge >= 0.3 is 0 Å². The fraction of sp³-hybridized carbons (Fsp3) is 0.286. The summed E-state index contributed by atoms with van der Waals surface area (Å²) in [7, 11) is -0.925. The summed E-state index contributed by atoms with van der Waals surface area (Å²) in [5.41, 5.74) is 0. The molecular formula is C14H15O2P. The van der Waals surface area contributed by atoms with Crippen LogP contribution in [0.3, 0.4) is 0 Å². The molecule has 1 heterocycles. The molecule has 3 rings (SSSR count). The van der Waals surface area contributed by atoms with E-state index in [9.17, 15) is 0 Å². The summed E-state index contributed by atoms with van der Waals surface area (Å²) in [4.78, 5) is 0. The topological polar surface area (TPSA) is 18.5 Å². The largest absolute Gasteiger partial charge is 0.437 e. The Morgan fingerprint density at radius 2 is 1.41 bits per heavy atom. The van der Waals surface area contributed by atoms with E-state index in [0.29, 0.717) is 0 Å². The lowest BCUT2D eigenvalue weighted by Gasteiger charge is -2.33. The molecule has 0 unspecified atom stereocenters. The van der Waals surface area contributed by atoms with Crippen LogP contribution in [-0.4, -0.2) is 5.16 Å². The smallest absolute Gasteiger partial charge is 0.296 e. The normalized spacial score (nSPS) is 15.5. The molecular weight excluding hydrogens is 231 g/mol. The highest BCUT2D eigenvalue weighted by molar-refractivity contribution is 7.50. The first-order valence-electron chi connectivity index (χ1n) is 5.74. The minimum absolute atomic E-state index is 0.0189. The zero-order valence-corrected chi connectivity index (χ0v) is 11.1. The standard InChI is InChI=1S/C14H15O2P/c1-14(2,3)17-15-11-8-4-6-10-7-5-9-12(16-17)13(10)11/h4-9H,1-3H3. The van der Waals surface area contributed by atoms with Gasteiger partial charge in [0.05, 0.1) is 10.5 Å². The molecule has 0 saturated heterocycles. The summed E-state index contributed by atoms with van der Waals surface area (Å²) in [5, 5.41) is 2.28. The fourth-order valence-electron chi connectivity index (χ4n) is 1.90. The molecule has 0 spiro atoms. The molecule has 0 N–H and O–H groups in total. The van der Waals surface area contributed by atoms with Crippen LogP contribution in [0.4, 0.5) is 0 Å². The van der Waals surface area contributed by atoms with Gasteiger partial charge in [0, 0.05) is 0 Å². The first-order valence-corrected chi connectivity index (χ1v) is 6.91. The van der Waals surface area contributed by atoms with Crippen LogP contribution in [0.1, 0.15) is 20.8 Å². The third-order valence-corrected chi connectivity index (χ3v) is 4.56. The van der Waals surface area contributed by atoms with Gasteiger partial charge in [-0.1, -0.05) is 24.3 Å². The summed E-state index contributed by atoms with van der Waals surface area (Å²) in [5.74, 6) is 1.90. The first kappa shape index (κ1) is 10.9. The molecule has 1 aliphatic rings. The molecule has 0 amide bonds. The van der Waals surface area contributed by atoms with Crippen molar-refractivity contribution >= 4 is 19.1 Å². The zero-order chi connectivity index (χ0) is 12.0. The molecule has 88 valence electrons. The molecule has 1 aliphatic heterocycles. The summed E-state index contributed by atoms with van der Waals surface area (Å²) in [6.45, 7) is 6.44. The Bertz CT molecular complexity index is 531. The second-order valence-corrected chi connectivity index (χ2v) is 7.44. The molecule has 2 aromatic carbocycles. The van der Waals surface area contributed by atoms with Gasteiger partial charge in [-0.2, -0.15) is 0 Å². The van der Waals surface area contributed by atoms with Gasteiger partial charge in [0.2, 0.25) is 0 Å². The maximum absolute atomic E-state index is 6.01. The van der Waals surface area contributed by atoms with Crippen LogP contribution < -0.4 is 9.05 Å². The van der Waals surface area contributed by atoms with E-state index in [1.165, 1.54) is 5.39 Å². The summed E-state index contributed by atoms with van der Waals surface area (Å²) in [6.07, 6.45) is 0. The van der Waals surface area contributed by atoms with Crippen molar-refractivity contribution in [1.29, 1.82) is 0 Å². The van der Waals surface area contributed by atoms with Crippen molar-refractivity contribution in [2.24, 2.45) is 0 Å². The second kappa shape index (κ2) is 3.61. The van der Waals surface area contributed by atoms with Gasteiger partial charge in [0.25, 0.3) is 8.38 Å². The Labute approximate surface area is 102 Å². The monoisotopic (exact) mass is 246 g/mol. The van der Waals surface area contributed by atoms with Crippen LogP contribution in [0, 0.1) is 0 Å². The highest BCUT2D eigenvalue weighted by Crippen LogP contribution is 2.57. The zero-order valence-electron chi connectivity index (χ0n) is 10.2. The first-order chi connectivity index (χ1) is 8.05. The van der Waals surface area contributed by atoms with Crippen molar-refractivity contribution in [3.05, 3.63) is 36.4 Å². The van der Waals surface area contributed by atoms with Gasteiger partial charge in [-0.15, -0.1) is 0 Å². The Morgan fingerprint density at radius 3 is 1.88 bits per heavy atom.